The van der Waals surface area contributed by atoms with E-state index in [0.29, 0.717) is 53.1 Å². The number of ether oxygens (including phenoxy) is 1. The van der Waals surface area contributed by atoms with E-state index in [1.165, 1.54) is 12.1 Å². The van der Waals surface area contributed by atoms with E-state index in [-0.39, 0.29) is 17.7 Å². The van der Waals surface area contributed by atoms with E-state index >= 15 is 0 Å². The molecule has 1 fully saturated rings. The molecular formula is C21H18FN3O3. The van der Waals surface area contributed by atoms with Crippen molar-refractivity contribution in [2.24, 2.45) is 0 Å². The molecule has 7 heteroatoms. The van der Waals surface area contributed by atoms with Crippen LogP contribution in [0.25, 0.3) is 22.2 Å². The van der Waals surface area contributed by atoms with E-state index in [2.05, 4.69) is 15.3 Å². The molecule has 1 aliphatic carbocycles. The third-order valence-electron chi connectivity index (χ3n) is 4.62. The lowest BCUT2D eigenvalue weighted by atomic mass is 9.91. The van der Waals surface area contributed by atoms with Crippen molar-refractivity contribution >= 4 is 22.6 Å². The zero-order valence-corrected chi connectivity index (χ0v) is 15.2. The highest BCUT2D eigenvalue weighted by Gasteiger charge is 2.28. The first-order valence-electron chi connectivity index (χ1n) is 9.05. The lowest BCUT2D eigenvalue weighted by Crippen LogP contribution is -2.44. The van der Waals surface area contributed by atoms with E-state index in [9.17, 15) is 14.0 Å². The van der Waals surface area contributed by atoms with Gasteiger partial charge in [-0.25, -0.2) is 14.4 Å². The summed E-state index contributed by atoms with van der Waals surface area (Å²) in [6, 6.07) is 9.15. The Morgan fingerprint density at radius 3 is 2.75 bits per heavy atom. The molecule has 28 heavy (non-hydrogen) atoms. The third-order valence-corrected chi connectivity index (χ3v) is 4.62. The van der Waals surface area contributed by atoms with Gasteiger partial charge in [0, 0.05) is 48.2 Å². The van der Waals surface area contributed by atoms with Crippen LogP contribution in [0.1, 0.15) is 30.1 Å². The number of carbonyl (C=O) groups is 2. The standard InChI is InChI=1S/C21H18FN3O3/c1-2-28-20-6-3-12(11-23-20)18-10-17(21(27)24-14-8-15(26)9-14)16-5-4-13(22)7-19(16)25-18/h3-7,10-11,14H,2,8-9H2,1H3,(H,24,27). The molecular weight excluding hydrogens is 361 g/mol. The average Bonchev–Trinajstić information content (AvgIpc) is 2.66. The molecule has 1 amide bonds. The molecule has 2 heterocycles. The monoisotopic (exact) mass is 379 g/mol. The van der Waals surface area contributed by atoms with Crippen molar-refractivity contribution in [3.63, 3.8) is 0 Å². The van der Waals surface area contributed by atoms with Crippen LogP contribution >= 0.6 is 0 Å². The number of hydrogen-bond acceptors (Lipinski definition) is 5. The van der Waals surface area contributed by atoms with E-state index in [1.807, 2.05) is 6.92 Å². The van der Waals surface area contributed by atoms with E-state index < -0.39 is 5.82 Å². The minimum atomic E-state index is -0.432. The first-order valence-corrected chi connectivity index (χ1v) is 9.05. The Kier molecular flexibility index (Phi) is 4.73. The predicted molar refractivity (Wildman–Crippen MR) is 102 cm³/mol. The van der Waals surface area contributed by atoms with Gasteiger partial charge in [0.2, 0.25) is 5.88 Å². The number of benzene rings is 1. The Hall–Kier alpha value is -3.35. The maximum atomic E-state index is 13.8. The number of nitrogens with zero attached hydrogens (tertiary/aromatic N) is 2. The quantitative estimate of drug-likeness (QED) is 0.736. The fraction of sp³-hybridized carbons (Fsp3) is 0.238. The number of aromatic nitrogens is 2. The maximum absolute atomic E-state index is 13.8. The van der Waals surface area contributed by atoms with Gasteiger partial charge in [0.1, 0.15) is 11.6 Å². The van der Waals surface area contributed by atoms with Crippen molar-refractivity contribution in [3.8, 4) is 17.1 Å². The van der Waals surface area contributed by atoms with Crippen LogP contribution in [-0.2, 0) is 4.79 Å². The van der Waals surface area contributed by atoms with Crippen molar-refractivity contribution in [1.29, 1.82) is 0 Å². The Labute approximate surface area is 160 Å². The van der Waals surface area contributed by atoms with Gasteiger partial charge < -0.3 is 10.1 Å². The molecule has 0 saturated heterocycles. The number of Topliss-reactive ketones (excluding diaryl/α,β-unsaturated/α-hetero) is 1. The van der Waals surface area contributed by atoms with Crippen LogP contribution in [0.2, 0.25) is 0 Å². The summed E-state index contributed by atoms with van der Waals surface area (Å²) in [6.45, 7) is 2.38. The van der Waals surface area contributed by atoms with Crippen molar-refractivity contribution in [1.82, 2.24) is 15.3 Å². The number of nitrogens with one attached hydrogen (secondary N) is 1. The maximum Gasteiger partial charge on any atom is 0.252 e. The third kappa shape index (κ3) is 3.55. The Morgan fingerprint density at radius 1 is 1.25 bits per heavy atom. The minimum Gasteiger partial charge on any atom is -0.478 e. The van der Waals surface area contributed by atoms with Crippen LogP contribution < -0.4 is 10.1 Å². The summed E-state index contributed by atoms with van der Waals surface area (Å²) in [6.07, 6.45) is 2.29. The number of halogens is 1. The molecule has 0 atom stereocenters. The Bertz CT molecular complexity index is 1060. The minimum absolute atomic E-state index is 0.133. The molecule has 0 aliphatic heterocycles. The SMILES string of the molecule is CCOc1ccc(-c2cc(C(=O)NC3CC(=O)C3)c3ccc(F)cc3n2)cn1. The molecule has 1 aliphatic rings. The fourth-order valence-electron chi connectivity index (χ4n) is 3.16. The number of fused-ring (bicyclic) bond motifs is 1. The molecule has 142 valence electrons. The highest BCUT2D eigenvalue weighted by molar-refractivity contribution is 6.07. The summed E-state index contributed by atoms with van der Waals surface area (Å²) in [5.41, 5.74) is 1.94. The lowest BCUT2D eigenvalue weighted by Gasteiger charge is -2.25. The number of ketones is 1. The second kappa shape index (κ2) is 7.34. The van der Waals surface area contributed by atoms with Crippen molar-refractivity contribution in [3.05, 3.63) is 54.0 Å². The molecule has 0 unspecified atom stereocenters. The molecule has 0 spiro atoms. The van der Waals surface area contributed by atoms with Gasteiger partial charge in [-0.1, -0.05) is 0 Å². The second-order valence-electron chi connectivity index (χ2n) is 6.65. The molecule has 1 aromatic carbocycles. The van der Waals surface area contributed by atoms with E-state index in [1.54, 1.807) is 30.5 Å². The van der Waals surface area contributed by atoms with Gasteiger partial charge in [-0.15, -0.1) is 0 Å². The molecule has 3 aromatic rings. The predicted octanol–water partition coefficient (Wildman–Crippen LogP) is 3.30. The summed E-state index contributed by atoms with van der Waals surface area (Å²) >= 11 is 0. The summed E-state index contributed by atoms with van der Waals surface area (Å²) in [5.74, 6) is -0.117. The molecule has 1 N–H and O–H groups in total. The van der Waals surface area contributed by atoms with Crippen LogP contribution in [0.5, 0.6) is 5.88 Å². The smallest absolute Gasteiger partial charge is 0.252 e. The highest BCUT2D eigenvalue weighted by Crippen LogP contribution is 2.27. The topological polar surface area (TPSA) is 81.2 Å². The number of pyridine rings is 2. The Morgan fingerprint density at radius 2 is 2.07 bits per heavy atom. The van der Waals surface area contributed by atoms with Crippen LogP contribution in [0, 0.1) is 5.82 Å². The second-order valence-corrected chi connectivity index (χ2v) is 6.65. The van der Waals surface area contributed by atoms with Gasteiger partial charge in [-0.05, 0) is 31.2 Å². The van der Waals surface area contributed by atoms with Crippen LogP contribution in [0.4, 0.5) is 4.39 Å². The molecule has 6 nitrogen and oxygen atoms in total. The summed E-state index contributed by atoms with van der Waals surface area (Å²) in [4.78, 5) is 32.7. The van der Waals surface area contributed by atoms with Crippen LogP contribution in [0.3, 0.4) is 0 Å². The van der Waals surface area contributed by atoms with Gasteiger partial charge in [0.25, 0.3) is 5.91 Å². The number of hydrogen-bond donors (Lipinski definition) is 1. The summed E-state index contributed by atoms with van der Waals surface area (Å²) in [5, 5.41) is 3.41. The lowest BCUT2D eigenvalue weighted by molar-refractivity contribution is -0.124. The van der Waals surface area contributed by atoms with Gasteiger partial charge in [0.05, 0.1) is 23.4 Å². The highest BCUT2D eigenvalue weighted by atomic mass is 19.1. The van der Waals surface area contributed by atoms with Crippen molar-refractivity contribution < 1.29 is 18.7 Å². The van der Waals surface area contributed by atoms with Gasteiger partial charge >= 0.3 is 0 Å². The average molecular weight is 379 g/mol. The molecule has 1 saturated carbocycles. The molecule has 0 bridgehead atoms. The van der Waals surface area contributed by atoms with Crippen LogP contribution in [0.15, 0.2) is 42.6 Å². The number of rotatable bonds is 5. The zero-order valence-electron chi connectivity index (χ0n) is 15.2. The van der Waals surface area contributed by atoms with Crippen molar-refractivity contribution in [2.75, 3.05) is 6.61 Å². The number of carbonyl (C=O) groups excluding carboxylic acids is 2. The molecule has 0 radical (unpaired) electrons. The van der Waals surface area contributed by atoms with Gasteiger partial charge in [-0.2, -0.15) is 0 Å². The van der Waals surface area contributed by atoms with E-state index in [4.69, 9.17) is 4.74 Å². The first-order chi connectivity index (χ1) is 13.5. The number of amides is 1. The van der Waals surface area contributed by atoms with Gasteiger partial charge in [0.15, 0.2) is 0 Å². The normalized spacial score (nSPS) is 14.0. The summed E-state index contributed by atoms with van der Waals surface area (Å²) < 4.78 is 19.1. The molecule has 2 aromatic heterocycles. The van der Waals surface area contributed by atoms with Gasteiger partial charge in [-0.3, -0.25) is 9.59 Å². The fourth-order valence-corrected chi connectivity index (χ4v) is 3.16. The largest absolute Gasteiger partial charge is 0.478 e. The Balaban J connectivity index is 1.74. The van der Waals surface area contributed by atoms with E-state index in [0.717, 1.165) is 0 Å². The summed E-state index contributed by atoms with van der Waals surface area (Å²) in [7, 11) is 0. The van der Waals surface area contributed by atoms with Crippen molar-refractivity contribution in [2.45, 2.75) is 25.8 Å². The van der Waals surface area contributed by atoms with Crippen LogP contribution in [-0.4, -0.2) is 34.3 Å². The zero-order chi connectivity index (χ0) is 19.7. The first kappa shape index (κ1) is 18.0. The molecule has 4 rings (SSSR count).